The predicted molar refractivity (Wildman–Crippen MR) is 107 cm³/mol. The molecular weight excluding hydrogens is 362 g/mol. The third kappa shape index (κ3) is 6.19. The van der Waals surface area contributed by atoms with Crippen molar-refractivity contribution in [1.82, 2.24) is 15.3 Å². The Morgan fingerprint density at radius 3 is 2.48 bits per heavy atom. The Kier molecular flexibility index (Phi) is 8.07. The number of nitrogens with one attached hydrogen (secondary N) is 1. The van der Waals surface area contributed by atoms with Gasteiger partial charge in [-0.3, -0.25) is 9.59 Å². The maximum absolute atomic E-state index is 12.1. The van der Waals surface area contributed by atoms with E-state index in [-0.39, 0.29) is 30.9 Å². The molecule has 1 aromatic heterocycles. The van der Waals surface area contributed by atoms with E-state index in [1.54, 1.807) is 0 Å². The lowest BCUT2D eigenvalue weighted by molar-refractivity contribution is -0.148. The van der Waals surface area contributed by atoms with Crippen molar-refractivity contribution in [3.05, 3.63) is 17.0 Å². The Morgan fingerprint density at radius 1 is 1.19 bits per heavy atom. The fraction of sp³-hybridized carbons (Fsp3) is 0.700. The number of aromatic nitrogens is 2. The number of esters is 1. The molecule has 1 aliphatic carbocycles. The predicted octanol–water partition coefficient (Wildman–Crippen LogP) is 3.23. The van der Waals surface area contributed by atoms with E-state index >= 15 is 0 Å². The van der Waals surface area contributed by atoms with Gasteiger partial charge in [0.1, 0.15) is 0 Å². The third-order valence-corrected chi connectivity index (χ3v) is 6.13. The molecule has 3 atom stereocenters. The second-order valence-corrected chi connectivity index (χ2v) is 8.24. The van der Waals surface area contributed by atoms with Gasteiger partial charge in [-0.05, 0) is 50.3 Å². The zero-order valence-corrected chi connectivity index (χ0v) is 17.8. The summed E-state index contributed by atoms with van der Waals surface area (Å²) >= 11 is 1.50. The normalized spacial score (nSPS) is 22.3. The first kappa shape index (κ1) is 21.7. The molecular formula is C20H31N3O3S. The first-order chi connectivity index (χ1) is 12.8. The van der Waals surface area contributed by atoms with Crippen LogP contribution in [0, 0.1) is 25.7 Å². The molecule has 0 saturated heterocycles. The van der Waals surface area contributed by atoms with Crippen molar-refractivity contribution in [3.63, 3.8) is 0 Å². The summed E-state index contributed by atoms with van der Waals surface area (Å²) in [5.41, 5.74) is 2.75. The molecule has 1 amide bonds. The number of aryl methyl sites for hydroxylation is 2. The van der Waals surface area contributed by atoms with Crippen LogP contribution in [0.5, 0.6) is 0 Å². The molecule has 0 bridgehead atoms. The highest BCUT2D eigenvalue weighted by atomic mass is 32.2. The molecule has 7 heteroatoms. The molecule has 0 aromatic carbocycles. The van der Waals surface area contributed by atoms with Crippen molar-refractivity contribution in [2.24, 2.45) is 11.8 Å². The molecule has 0 radical (unpaired) electrons. The van der Waals surface area contributed by atoms with Crippen LogP contribution in [0.15, 0.2) is 5.16 Å². The fourth-order valence-corrected chi connectivity index (χ4v) is 4.10. The molecule has 1 aliphatic rings. The molecule has 1 N–H and O–H groups in total. The number of carbonyl (C=O) groups excluding carboxylic acids is 2. The molecule has 1 heterocycles. The van der Waals surface area contributed by atoms with Gasteiger partial charge in [0, 0.05) is 23.9 Å². The SMILES string of the molecule is CSc1nc(C)c(CCC(=O)OCC(=O)N[C@@H]2CCC[C@@H](C)[C@@H]2C)c(C)n1. The molecule has 1 fully saturated rings. The van der Waals surface area contributed by atoms with Crippen LogP contribution < -0.4 is 5.32 Å². The van der Waals surface area contributed by atoms with Crippen LogP contribution in [-0.4, -0.2) is 40.7 Å². The monoisotopic (exact) mass is 393 g/mol. The van der Waals surface area contributed by atoms with Gasteiger partial charge in [-0.2, -0.15) is 0 Å². The summed E-state index contributed by atoms with van der Waals surface area (Å²) in [4.78, 5) is 33.0. The van der Waals surface area contributed by atoms with Crippen molar-refractivity contribution in [3.8, 4) is 0 Å². The first-order valence-corrected chi connectivity index (χ1v) is 10.9. The molecule has 1 saturated carbocycles. The van der Waals surface area contributed by atoms with Crippen molar-refractivity contribution < 1.29 is 14.3 Å². The summed E-state index contributed by atoms with van der Waals surface area (Å²) in [6, 6.07) is 0.178. The Morgan fingerprint density at radius 2 is 1.85 bits per heavy atom. The van der Waals surface area contributed by atoms with Gasteiger partial charge in [0.15, 0.2) is 11.8 Å². The van der Waals surface area contributed by atoms with E-state index in [4.69, 9.17) is 4.74 Å². The van der Waals surface area contributed by atoms with Crippen molar-refractivity contribution in [2.45, 2.75) is 71.0 Å². The number of nitrogens with zero attached hydrogens (tertiary/aromatic N) is 2. The summed E-state index contributed by atoms with van der Waals surface area (Å²) in [6.07, 6.45) is 6.01. The number of thioether (sulfide) groups is 1. The maximum Gasteiger partial charge on any atom is 0.306 e. The highest BCUT2D eigenvalue weighted by Gasteiger charge is 2.28. The smallest absolute Gasteiger partial charge is 0.306 e. The van der Waals surface area contributed by atoms with Gasteiger partial charge in [0.25, 0.3) is 5.91 Å². The van der Waals surface area contributed by atoms with Gasteiger partial charge in [0.05, 0.1) is 0 Å². The average molecular weight is 394 g/mol. The summed E-state index contributed by atoms with van der Waals surface area (Å²) in [5, 5.41) is 3.76. The van der Waals surface area contributed by atoms with E-state index in [2.05, 4.69) is 29.1 Å². The lowest BCUT2D eigenvalue weighted by Crippen LogP contribution is -2.45. The Balaban J connectivity index is 1.77. The topological polar surface area (TPSA) is 81.2 Å². The van der Waals surface area contributed by atoms with Crippen LogP contribution in [-0.2, 0) is 20.7 Å². The summed E-state index contributed by atoms with van der Waals surface area (Å²) in [5.74, 6) is 0.476. The number of hydrogen-bond acceptors (Lipinski definition) is 6. The summed E-state index contributed by atoms with van der Waals surface area (Å²) < 4.78 is 5.16. The Hall–Kier alpha value is -1.63. The summed E-state index contributed by atoms with van der Waals surface area (Å²) in [7, 11) is 0. The van der Waals surface area contributed by atoms with Gasteiger partial charge in [-0.25, -0.2) is 9.97 Å². The van der Waals surface area contributed by atoms with Crippen LogP contribution in [0.1, 0.15) is 56.5 Å². The van der Waals surface area contributed by atoms with Crippen molar-refractivity contribution >= 4 is 23.6 Å². The molecule has 6 nitrogen and oxygen atoms in total. The second kappa shape index (κ2) is 10.1. The van der Waals surface area contributed by atoms with Gasteiger partial charge in [-0.15, -0.1) is 0 Å². The van der Waals surface area contributed by atoms with Crippen molar-refractivity contribution in [1.29, 1.82) is 0 Å². The van der Waals surface area contributed by atoms with Crippen LogP contribution in [0.3, 0.4) is 0 Å². The number of carbonyl (C=O) groups is 2. The minimum Gasteiger partial charge on any atom is -0.456 e. The number of hydrogen-bond donors (Lipinski definition) is 1. The average Bonchev–Trinajstić information content (AvgIpc) is 2.63. The molecule has 27 heavy (non-hydrogen) atoms. The molecule has 0 spiro atoms. The first-order valence-electron chi connectivity index (χ1n) is 9.65. The molecule has 1 aromatic rings. The zero-order chi connectivity index (χ0) is 20.0. The Labute approximate surface area is 166 Å². The number of rotatable bonds is 7. The quantitative estimate of drug-likeness (QED) is 0.435. The summed E-state index contributed by atoms with van der Waals surface area (Å²) in [6.45, 7) is 8.04. The van der Waals surface area contributed by atoms with Gasteiger partial charge in [-0.1, -0.05) is 38.5 Å². The molecule has 2 rings (SSSR count). The fourth-order valence-electron chi connectivity index (χ4n) is 3.64. The van der Waals surface area contributed by atoms with Crippen LogP contribution in [0.2, 0.25) is 0 Å². The molecule has 0 aliphatic heterocycles. The van der Waals surface area contributed by atoms with E-state index in [9.17, 15) is 9.59 Å². The number of amides is 1. The van der Waals surface area contributed by atoms with Gasteiger partial charge in [0.2, 0.25) is 0 Å². The van der Waals surface area contributed by atoms with E-state index < -0.39 is 0 Å². The van der Waals surface area contributed by atoms with Gasteiger partial charge < -0.3 is 10.1 Å². The molecule has 150 valence electrons. The maximum atomic E-state index is 12.1. The zero-order valence-electron chi connectivity index (χ0n) is 17.0. The van der Waals surface area contributed by atoms with Crippen LogP contribution in [0.25, 0.3) is 0 Å². The highest BCUT2D eigenvalue weighted by Crippen LogP contribution is 2.29. The lowest BCUT2D eigenvalue weighted by Gasteiger charge is -2.34. The van der Waals surface area contributed by atoms with E-state index in [1.807, 2.05) is 20.1 Å². The number of ether oxygens (including phenoxy) is 1. The van der Waals surface area contributed by atoms with Crippen LogP contribution in [0.4, 0.5) is 0 Å². The van der Waals surface area contributed by atoms with Crippen molar-refractivity contribution in [2.75, 3.05) is 12.9 Å². The Bertz CT molecular complexity index is 657. The minimum absolute atomic E-state index is 0.178. The van der Waals surface area contributed by atoms with Crippen LogP contribution >= 0.6 is 11.8 Å². The minimum atomic E-state index is -0.372. The third-order valence-electron chi connectivity index (χ3n) is 5.58. The second-order valence-electron chi connectivity index (χ2n) is 7.46. The highest BCUT2D eigenvalue weighted by molar-refractivity contribution is 7.98. The van der Waals surface area contributed by atoms with E-state index in [0.29, 0.717) is 18.3 Å². The largest absolute Gasteiger partial charge is 0.456 e. The molecule has 0 unspecified atom stereocenters. The van der Waals surface area contributed by atoms with Gasteiger partial charge >= 0.3 is 5.97 Å². The van der Waals surface area contributed by atoms with E-state index in [0.717, 1.165) is 34.9 Å². The standard InChI is InChI=1S/C20H31N3O3S/c1-12-7-6-8-17(13(12)2)23-18(24)11-26-19(25)10-9-16-14(3)21-20(27-5)22-15(16)4/h12-13,17H,6-11H2,1-5H3,(H,23,24)/t12-,13+,17-/m1/s1. The lowest BCUT2D eigenvalue weighted by atomic mass is 9.78. The van der Waals surface area contributed by atoms with E-state index in [1.165, 1.54) is 18.2 Å².